The first kappa shape index (κ1) is 16.1. The van der Waals surface area contributed by atoms with Gasteiger partial charge in [0, 0.05) is 10.9 Å². The van der Waals surface area contributed by atoms with E-state index in [-0.39, 0.29) is 22.6 Å². The van der Waals surface area contributed by atoms with E-state index >= 15 is 0 Å². The van der Waals surface area contributed by atoms with Crippen molar-refractivity contribution < 1.29 is 14.7 Å². The van der Waals surface area contributed by atoms with Gasteiger partial charge >= 0.3 is 0 Å². The average Bonchev–Trinajstić information content (AvgIpc) is 2.60. The third kappa shape index (κ3) is 3.16. The number of fused-ring (bicyclic) bond motifs is 1. The summed E-state index contributed by atoms with van der Waals surface area (Å²) in [6, 6.07) is 14.9. The van der Waals surface area contributed by atoms with Crippen molar-refractivity contribution in [3.63, 3.8) is 0 Å². The number of carbonyl (C=O) groups is 2. The number of azo groups is 1. The van der Waals surface area contributed by atoms with Crippen molar-refractivity contribution in [3.05, 3.63) is 65.7 Å². The zero-order chi connectivity index (χ0) is 18.0. The molecule has 3 rings (SSSR count). The molecular weight excluding hydrogens is 320 g/mol. The molecule has 0 aliphatic heterocycles. The van der Waals surface area contributed by atoms with Crippen LogP contribution in [0.5, 0.6) is 5.75 Å². The van der Waals surface area contributed by atoms with Gasteiger partial charge in [0.2, 0.25) is 5.91 Å². The molecule has 0 aliphatic carbocycles. The van der Waals surface area contributed by atoms with E-state index in [9.17, 15) is 14.7 Å². The van der Waals surface area contributed by atoms with Gasteiger partial charge in [0.25, 0.3) is 5.91 Å². The van der Waals surface area contributed by atoms with Crippen molar-refractivity contribution in [1.29, 1.82) is 0 Å². The number of nitrogens with two attached hydrogens (primary N) is 2. The van der Waals surface area contributed by atoms with Crippen LogP contribution >= 0.6 is 0 Å². The van der Waals surface area contributed by atoms with Crippen LogP contribution in [-0.2, 0) is 0 Å². The standard InChI is InChI=1S/C18H14N4O3/c19-17(24)10-6-7-13-11(8-10)9-14(18(20)25)16(23)15(13)22-21-12-4-2-1-3-5-12/h1-9,23H,(H2,19,24)(H2,20,25)/b22-21+. The fraction of sp³-hybridized carbons (Fsp3) is 0. The molecule has 0 saturated carbocycles. The fourth-order valence-electron chi connectivity index (χ4n) is 2.42. The van der Waals surface area contributed by atoms with Gasteiger partial charge in [0.05, 0.1) is 11.3 Å². The molecule has 25 heavy (non-hydrogen) atoms. The van der Waals surface area contributed by atoms with Gasteiger partial charge in [0.1, 0.15) is 5.69 Å². The largest absolute Gasteiger partial charge is 0.505 e. The number of nitrogens with zero attached hydrogens (tertiary/aromatic N) is 2. The van der Waals surface area contributed by atoms with Crippen molar-refractivity contribution in [2.75, 3.05) is 0 Å². The maximum atomic E-state index is 11.6. The van der Waals surface area contributed by atoms with Gasteiger partial charge in [-0.2, -0.15) is 5.11 Å². The van der Waals surface area contributed by atoms with E-state index in [0.717, 1.165) is 0 Å². The van der Waals surface area contributed by atoms with Crippen LogP contribution in [0.3, 0.4) is 0 Å². The molecule has 0 aromatic heterocycles. The Kier molecular flexibility index (Phi) is 4.13. The molecule has 0 heterocycles. The van der Waals surface area contributed by atoms with Gasteiger partial charge < -0.3 is 16.6 Å². The minimum atomic E-state index is -0.819. The maximum Gasteiger partial charge on any atom is 0.252 e. The lowest BCUT2D eigenvalue weighted by molar-refractivity contribution is 0.0991. The van der Waals surface area contributed by atoms with Crippen LogP contribution in [0, 0.1) is 0 Å². The van der Waals surface area contributed by atoms with Crippen molar-refractivity contribution in [1.82, 2.24) is 0 Å². The van der Waals surface area contributed by atoms with Gasteiger partial charge in [-0.05, 0) is 35.7 Å². The van der Waals surface area contributed by atoms with Crippen LogP contribution in [0.1, 0.15) is 20.7 Å². The molecule has 3 aromatic carbocycles. The van der Waals surface area contributed by atoms with Gasteiger partial charge in [-0.15, -0.1) is 5.11 Å². The van der Waals surface area contributed by atoms with Crippen molar-refractivity contribution in [2.24, 2.45) is 21.7 Å². The van der Waals surface area contributed by atoms with Crippen LogP contribution in [0.4, 0.5) is 11.4 Å². The molecule has 0 unspecified atom stereocenters. The Labute approximate surface area is 142 Å². The molecule has 0 aliphatic rings. The summed E-state index contributed by atoms with van der Waals surface area (Å²) in [5, 5.41) is 19.5. The topological polar surface area (TPSA) is 131 Å². The molecule has 124 valence electrons. The number of hydrogen-bond donors (Lipinski definition) is 3. The van der Waals surface area contributed by atoms with Gasteiger partial charge in [0.15, 0.2) is 5.75 Å². The molecule has 5 N–H and O–H groups in total. The zero-order valence-corrected chi connectivity index (χ0v) is 13.0. The first-order valence-electron chi connectivity index (χ1n) is 7.33. The van der Waals surface area contributed by atoms with E-state index in [1.54, 1.807) is 30.3 Å². The molecule has 0 spiro atoms. The number of amides is 2. The van der Waals surface area contributed by atoms with Crippen molar-refractivity contribution in [3.8, 4) is 5.75 Å². The first-order valence-corrected chi connectivity index (χ1v) is 7.33. The zero-order valence-electron chi connectivity index (χ0n) is 13.0. The maximum absolute atomic E-state index is 11.6. The number of carbonyl (C=O) groups excluding carboxylic acids is 2. The Bertz CT molecular complexity index is 1010. The van der Waals surface area contributed by atoms with E-state index in [4.69, 9.17) is 11.5 Å². The third-order valence-corrected chi connectivity index (χ3v) is 3.66. The molecule has 7 nitrogen and oxygen atoms in total. The lowest BCUT2D eigenvalue weighted by Crippen LogP contribution is -2.12. The summed E-state index contributed by atoms with van der Waals surface area (Å²) in [6.45, 7) is 0. The summed E-state index contributed by atoms with van der Waals surface area (Å²) >= 11 is 0. The van der Waals surface area contributed by atoms with Crippen LogP contribution in [0.25, 0.3) is 10.8 Å². The third-order valence-electron chi connectivity index (χ3n) is 3.66. The monoisotopic (exact) mass is 334 g/mol. The molecule has 0 radical (unpaired) electrons. The lowest BCUT2D eigenvalue weighted by Gasteiger charge is -2.09. The normalized spacial score (nSPS) is 11.0. The summed E-state index contributed by atoms with van der Waals surface area (Å²) in [5.74, 6) is -1.80. The highest BCUT2D eigenvalue weighted by Gasteiger charge is 2.17. The second-order valence-electron chi connectivity index (χ2n) is 5.32. The molecule has 3 aromatic rings. The molecule has 2 amide bonds. The number of benzene rings is 3. The number of hydrogen-bond acceptors (Lipinski definition) is 5. The van der Waals surface area contributed by atoms with E-state index in [1.165, 1.54) is 18.2 Å². The molecule has 0 fully saturated rings. The summed E-state index contributed by atoms with van der Waals surface area (Å²) in [7, 11) is 0. The molecule has 0 atom stereocenters. The van der Waals surface area contributed by atoms with E-state index in [0.29, 0.717) is 16.5 Å². The van der Waals surface area contributed by atoms with Gasteiger partial charge in [-0.25, -0.2) is 0 Å². The van der Waals surface area contributed by atoms with E-state index < -0.39 is 11.8 Å². The van der Waals surface area contributed by atoms with Crippen LogP contribution in [-0.4, -0.2) is 16.9 Å². The van der Waals surface area contributed by atoms with E-state index in [2.05, 4.69) is 10.2 Å². The molecular formula is C18H14N4O3. The minimum Gasteiger partial charge on any atom is -0.505 e. The Morgan fingerprint density at radius 1 is 0.880 bits per heavy atom. The van der Waals surface area contributed by atoms with Gasteiger partial charge in [-0.3, -0.25) is 9.59 Å². The summed E-state index contributed by atoms with van der Waals surface area (Å²) < 4.78 is 0. The highest BCUT2D eigenvalue weighted by molar-refractivity contribution is 6.08. The average molecular weight is 334 g/mol. The Morgan fingerprint density at radius 2 is 1.60 bits per heavy atom. The van der Waals surface area contributed by atoms with Crippen LogP contribution in [0.15, 0.2) is 64.8 Å². The number of phenols is 1. The predicted octanol–water partition coefficient (Wildman–Crippen LogP) is 3.16. The van der Waals surface area contributed by atoms with Gasteiger partial charge in [-0.1, -0.05) is 24.3 Å². The smallest absolute Gasteiger partial charge is 0.252 e. The Morgan fingerprint density at radius 3 is 2.24 bits per heavy atom. The lowest BCUT2D eigenvalue weighted by atomic mass is 10.0. The Balaban J connectivity index is 2.24. The summed E-state index contributed by atoms with van der Waals surface area (Å²) in [4.78, 5) is 23.0. The summed E-state index contributed by atoms with van der Waals surface area (Å²) in [6.07, 6.45) is 0. The second-order valence-corrected chi connectivity index (χ2v) is 5.32. The molecule has 7 heteroatoms. The number of rotatable bonds is 4. The quantitative estimate of drug-likeness (QED) is 0.633. The highest BCUT2D eigenvalue weighted by atomic mass is 16.3. The first-order chi connectivity index (χ1) is 12.0. The van der Waals surface area contributed by atoms with Crippen molar-refractivity contribution >= 4 is 34.0 Å². The Hall–Kier alpha value is -3.74. The molecule has 0 bridgehead atoms. The minimum absolute atomic E-state index is 0.0890. The predicted molar refractivity (Wildman–Crippen MR) is 93.3 cm³/mol. The van der Waals surface area contributed by atoms with E-state index in [1.807, 2.05) is 6.07 Å². The van der Waals surface area contributed by atoms with Crippen molar-refractivity contribution in [2.45, 2.75) is 0 Å². The number of aromatic hydroxyl groups is 1. The summed E-state index contributed by atoms with van der Waals surface area (Å²) in [5.41, 5.74) is 11.4. The SMILES string of the molecule is NC(=O)c1ccc2c(/N=N/c3ccccc3)c(O)c(C(N)=O)cc2c1. The van der Waals surface area contributed by atoms with Crippen LogP contribution in [0.2, 0.25) is 0 Å². The molecule has 0 saturated heterocycles. The number of primary amides is 2. The fourth-order valence-corrected chi connectivity index (χ4v) is 2.42. The highest BCUT2D eigenvalue weighted by Crippen LogP contribution is 2.39. The second kappa shape index (κ2) is 6.40. The van der Waals surface area contributed by atoms with Crippen LogP contribution < -0.4 is 11.5 Å².